The van der Waals surface area contributed by atoms with Crippen LogP contribution in [0.15, 0.2) is 50.0 Å². The van der Waals surface area contributed by atoms with Crippen molar-refractivity contribution < 1.29 is 23.5 Å². The van der Waals surface area contributed by atoms with Crippen molar-refractivity contribution >= 4 is 33.8 Å². The SMILES string of the molecule is CC[C@@H](NC(=O)Cc1c(C)c2cc3c(-c4ccccc4)c(C)oc3c(C)c2oc1=O)C(=O)O. The molecule has 0 saturated heterocycles. The van der Waals surface area contributed by atoms with Crippen LogP contribution in [0.2, 0.25) is 0 Å². The average molecular weight is 447 g/mol. The van der Waals surface area contributed by atoms with Crippen molar-refractivity contribution in [1.29, 1.82) is 0 Å². The van der Waals surface area contributed by atoms with E-state index in [1.165, 1.54) is 0 Å². The molecule has 0 aliphatic carbocycles. The number of furan rings is 1. The smallest absolute Gasteiger partial charge is 0.340 e. The van der Waals surface area contributed by atoms with Crippen LogP contribution in [-0.2, 0) is 16.0 Å². The molecule has 0 unspecified atom stereocenters. The molecule has 0 bridgehead atoms. The fourth-order valence-electron chi connectivity index (χ4n) is 4.29. The summed E-state index contributed by atoms with van der Waals surface area (Å²) in [6.45, 7) is 7.18. The van der Waals surface area contributed by atoms with Crippen molar-refractivity contribution in [3.63, 3.8) is 0 Å². The molecular formula is C26H25NO6. The first-order chi connectivity index (χ1) is 15.7. The molecule has 1 amide bonds. The highest BCUT2D eigenvalue weighted by atomic mass is 16.4. The number of carbonyl (C=O) groups excluding carboxylic acids is 1. The number of nitrogens with one attached hydrogen (secondary N) is 1. The van der Waals surface area contributed by atoms with Gasteiger partial charge in [-0.05, 0) is 44.4 Å². The zero-order chi connectivity index (χ0) is 23.9. The molecule has 0 aliphatic heterocycles. The first kappa shape index (κ1) is 22.3. The minimum absolute atomic E-state index is 0.209. The second kappa shape index (κ2) is 8.58. The summed E-state index contributed by atoms with van der Waals surface area (Å²) < 4.78 is 11.7. The summed E-state index contributed by atoms with van der Waals surface area (Å²) >= 11 is 0. The molecule has 0 saturated carbocycles. The van der Waals surface area contributed by atoms with Crippen LogP contribution in [0.1, 0.15) is 35.8 Å². The van der Waals surface area contributed by atoms with E-state index in [9.17, 15) is 19.5 Å². The van der Waals surface area contributed by atoms with Gasteiger partial charge in [0.1, 0.15) is 23.0 Å². The molecular weight excluding hydrogens is 422 g/mol. The number of carboxylic acid groups (broad SMARTS) is 1. The fourth-order valence-corrected chi connectivity index (χ4v) is 4.29. The lowest BCUT2D eigenvalue weighted by Gasteiger charge is -2.13. The lowest BCUT2D eigenvalue weighted by atomic mass is 9.96. The maximum absolute atomic E-state index is 12.8. The lowest BCUT2D eigenvalue weighted by Crippen LogP contribution is -2.41. The quantitative estimate of drug-likeness (QED) is 0.416. The van der Waals surface area contributed by atoms with Gasteiger partial charge < -0.3 is 19.3 Å². The molecule has 4 aromatic rings. The fraction of sp³-hybridized carbons (Fsp3) is 0.269. The minimum Gasteiger partial charge on any atom is -0.480 e. The van der Waals surface area contributed by atoms with Crippen LogP contribution in [0.5, 0.6) is 0 Å². The molecule has 0 radical (unpaired) electrons. The monoisotopic (exact) mass is 447 g/mol. The van der Waals surface area contributed by atoms with Crippen molar-refractivity contribution in [3.05, 3.63) is 69.3 Å². The predicted octanol–water partition coefficient (Wildman–Crippen LogP) is 4.65. The summed E-state index contributed by atoms with van der Waals surface area (Å²) in [5.74, 6) is -0.899. The molecule has 1 atom stereocenters. The number of aryl methyl sites for hydroxylation is 3. The average Bonchev–Trinajstić information content (AvgIpc) is 3.12. The molecule has 0 spiro atoms. The van der Waals surface area contributed by atoms with Gasteiger partial charge in [0.25, 0.3) is 0 Å². The third-order valence-corrected chi connectivity index (χ3v) is 6.07. The van der Waals surface area contributed by atoms with Gasteiger partial charge in [-0.1, -0.05) is 37.3 Å². The molecule has 2 aromatic carbocycles. The number of amides is 1. The summed E-state index contributed by atoms with van der Waals surface area (Å²) in [5, 5.41) is 13.3. The van der Waals surface area contributed by atoms with Crippen LogP contribution in [0.25, 0.3) is 33.1 Å². The van der Waals surface area contributed by atoms with Crippen molar-refractivity contribution in [3.8, 4) is 11.1 Å². The zero-order valence-electron chi connectivity index (χ0n) is 18.9. The normalized spacial score (nSPS) is 12.2. The minimum atomic E-state index is -1.12. The van der Waals surface area contributed by atoms with Crippen LogP contribution in [0.4, 0.5) is 0 Å². The van der Waals surface area contributed by atoms with Crippen LogP contribution in [0.3, 0.4) is 0 Å². The highest BCUT2D eigenvalue weighted by molar-refractivity contribution is 6.06. The Morgan fingerprint density at radius 1 is 1.00 bits per heavy atom. The van der Waals surface area contributed by atoms with Crippen molar-refractivity contribution in [2.45, 2.75) is 46.6 Å². The molecule has 4 rings (SSSR count). The Morgan fingerprint density at radius 3 is 2.30 bits per heavy atom. The summed E-state index contributed by atoms with van der Waals surface area (Å²) in [6.07, 6.45) is -0.0212. The molecule has 0 fully saturated rings. The summed E-state index contributed by atoms with van der Waals surface area (Å²) in [7, 11) is 0. The summed E-state index contributed by atoms with van der Waals surface area (Å²) in [4.78, 5) is 36.5. The van der Waals surface area contributed by atoms with Crippen molar-refractivity contribution in [2.75, 3.05) is 0 Å². The summed E-state index contributed by atoms with van der Waals surface area (Å²) in [5.41, 5.74) is 3.98. The largest absolute Gasteiger partial charge is 0.480 e. The van der Waals surface area contributed by atoms with E-state index in [-0.39, 0.29) is 18.4 Å². The topological polar surface area (TPSA) is 110 Å². The van der Waals surface area contributed by atoms with Crippen LogP contribution in [0, 0.1) is 20.8 Å². The molecule has 2 aromatic heterocycles. The lowest BCUT2D eigenvalue weighted by molar-refractivity contribution is -0.141. The predicted molar refractivity (Wildman–Crippen MR) is 125 cm³/mol. The van der Waals surface area contributed by atoms with Crippen LogP contribution < -0.4 is 10.9 Å². The molecule has 2 heterocycles. The highest BCUT2D eigenvalue weighted by Crippen LogP contribution is 2.39. The standard InChI is InChI=1S/C26H25NO6/c1-5-20(25(29)30)27-21(28)12-18-13(2)17-11-19-22(16-9-7-6-8-10-16)15(4)32-24(19)14(3)23(17)33-26(18)31/h6-11,20H,5,12H2,1-4H3,(H,27,28)(H,29,30)/t20-/m1/s1. The zero-order valence-corrected chi connectivity index (χ0v) is 18.9. The number of fused-ring (bicyclic) bond motifs is 2. The van der Waals surface area contributed by atoms with Gasteiger partial charge in [0.05, 0.1) is 12.0 Å². The number of rotatable bonds is 6. The van der Waals surface area contributed by atoms with Gasteiger partial charge in [-0.25, -0.2) is 9.59 Å². The second-order valence-electron chi connectivity index (χ2n) is 8.19. The van der Waals surface area contributed by atoms with Gasteiger partial charge >= 0.3 is 11.6 Å². The first-order valence-electron chi connectivity index (χ1n) is 10.8. The van der Waals surface area contributed by atoms with Crippen LogP contribution in [-0.4, -0.2) is 23.0 Å². The maximum atomic E-state index is 12.8. The van der Waals surface area contributed by atoms with E-state index >= 15 is 0 Å². The van der Waals surface area contributed by atoms with Gasteiger partial charge in [-0.2, -0.15) is 0 Å². The van der Waals surface area contributed by atoms with Gasteiger partial charge in [0.15, 0.2) is 0 Å². The van der Waals surface area contributed by atoms with Crippen LogP contribution >= 0.6 is 0 Å². The number of carbonyl (C=O) groups is 2. The molecule has 33 heavy (non-hydrogen) atoms. The van der Waals surface area contributed by atoms with Gasteiger partial charge in [0.2, 0.25) is 5.91 Å². The van der Waals surface area contributed by atoms with Gasteiger partial charge in [-0.15, -0.1) is 0 Å². The van der Waals surface area contributed by atoms with E-state index in [1.54, 1.807) is 13.8 Å². The van der Waals surface area contributed by atoms with E-state index in [2.05, 4.69) is 5.32 Å². The third-order valence-electron chi connectivity index (χ3n) is 6.07. The summed E-state index contributed by atoms with van der Waals surface area (Å²) in [6, 6.07) is 10.8. The number of carboxylic acids is 1. The molecule has 0 aliphatic rings. The van der Waals surface area contributed by atoms with Crippen molar-refractivity contribution in [2.24, 2.45) is 0 Å². The van der Waals surface area contributed by atoms with Crippen molar-refractivity contribution in [1.82, 2.24) is 5.32 Å². The Kier molecular flexibility index (Phi) is 5.80. The number of hydrogen-bond donors (Lipinski definition) is 2. The van der Waals surface area contributed by atoms with Gasteiger partial charge in [-0.3, -0.25) is 4.79 Å². The Morgan fingerprint density at radius 2 is 1.67 bits per heavy atom. The number of hydrogen-bond acceptors (Lipinski definition) is 5. The maximum Gasteiger partial charge on any atom is 0.340 e. The Balaban J connectivity index is 1.87. The Bertz CT molecular complexity index is 1450. The Hall–Kier alpha value is -3.87. The van der Waals surface area contributed by atoms with Gasteiger partial charge in [0, 0.05) is 21.9 Å². The number of aliphatic carboxylic acids is 1. The third kappa shape index (κ3) is 3.91. The molecule has 7 nitrogen and oxygen atoms in total. The molecule has 7 heteroatoms. The van der Waals surface area contributed by atoms with E-state index in [4.69, 9.17) is 8.83 Å². The Labute approximate surface area is 190 Å². The van der Waals surface area contributed by atoms with E-state index in [0.717, 1.165) is 22.3 Å². The second-order valence-corrected chi connectivity index (χ2v) is 8.19. The first-order valence-corrected chi connectivity index (χ1v) is 10.8. The highest BCUT2D eigenvalue weighted by Gasteiger charge is 2.23. The molecule has 2 N–H and O–H groups in total. The van der Waals surface area contributed by atoms with E-state index in [0.29, 0.717) is 27.7 Å². The van der Waals surface area contributed by atoms with E-state index < -0.39 is 23.5 Å². The van der Waals surface area contributed by atoms with E-state index in [1.807, 2.05) is 50.2 Å². The number of benzene rings is 2. The molecule has 170 valence electrons.